The van der Waals surface area contributed by atoms with Crippen molar-refractivity contribution in [1.82, 2.24) is 0 Å². The summed E-state index contributed by atoms with van der Waals surface area (Å²) < 4.78 is 15.2. The van der Waals surface area contributed by atoms with Gasteiger partial charge in [0.2, 0.25) is 0 Å². The van der Waals surface area contributed by atoms with Crippen molar-refractivity contribution in [3.05, 3.63) is 0 Å². The molecule has 0 fully saturated rings. The van der Waals surface area contributed by atoms with E-state index in [4.69, 9.17) is 0 Å². The molecule has 0 aliphatic heterocycles. The summed E-state index contributed by atoms with van der Waals surface area (Å²) in [5.74, 6) is 0.335. The molecular weight excluding hydrogens is 285 g/mol. The fourth-order valence-corrected chi connectivity index (χ4v) is 2.45. The van der Waals surface area contributed by atoms with Crippen molar-refractivity contribution in [2.24, 2.45) is 5.92 Å². The number of rotatable bonds is 10. The Labute approximate surface area is 162 Å². The van der Waals surface area contributed by atoms with Crippen LogP contribution in [0, 0.1) is 5.92 Å². The molecule has 0 rings (SSSR count). The van der Waals surface area contributed by atoms with Gasteiger partial charge in [-0.1, -0.05) is 52.9 Å². The molecule has 0 aliphatic rings. The summed E-state index contributed by atoms with van der Waals surface area (Å²) in [6.45, 7) is 6.14. The maximum Gasteiger partial charge on any atom is 1.00 e. The molecular formula is C12H25Na2O4P. The van der Waals surface area contributed by atoms with Crippen LogP contribution in [0.1, 0.15) is 65.7 Å². The van der Waals surface area contributed by atoms with Gasteiger partial charge in [0.25, 0.3) is 0 Å². The third-order valence-electron chi connectivity index (χ3n) is 2.64. The van der Waals surface area contributed by atoms with E-state index in [2.05, 4.69) is 11.4 Å². The Morgan fingerprint density at radius 2 is 1.58 bits per heavy atom. The minimum absolute atomic E-state index is 0. The van der Waals surface area contributed by atoms with E-state index in [1.165, 1.54) is 12.8 Å². The molecule has 1 atom stereocenters. The summed E-state index contributed by atoms with van der Waals surface area (Å²) in [5, 5.41) is 0. The van der Waals surface area contributed by atoms with Gasteiger partial charge in [0, 0.05) is 0 Å². The van der Waals surface area contributed by atoms with Gasteiger partial charge in [-0.25, -0.2) is 0 Å². The van der Waals surface area contributed by atoms with Crippen LogP contribution in [0.4, 0.5) is 0 Å². The molecule has 0 amide bonds. The van der Waals surface area contributed by atoms with Crippen LogP contribution in [-0.2, 0) is 9.09 Å². The number of unbranched alkanes of at least 4 members (excludes halogenated alkanes) is 4. The average molecular weight is 310 g/mol. The second kappa shape index (κ2) is 15.0. The molecule has 104 valence electrons. The summed E-state index contributed by atoms with van der Waals surface area (Å²) in [6.07, 6.45) is 6.41. The van der Waals surface area contributed by atoms with Gasteiger partial charge in [-0.3, -0.25) is 0 Å². The van der Waals surface area contributed by atoms with Gasteiger partial charge in [0.1, 0.15) is 0 Å². The predicted octanol–water partition coefficient (Wildman–Crippen LogP) is -3.39. The normalized spacial score (nSPS) is 12.7. The van der Waals surface area contributed by atoms with E-state index < -0.39 is 13.9 Å². The van der Waals surface area contributed by atoms with Crippen LogP contribution in [0.2, 0.25) is 0 Å². The van der Waals surface area contributed by atoms with Crippen LogP contribution in [0.15, 0.2) is 0 Å². The fourth-order valence-electron chi connectivity index (χ4n) is 1.90. The van der Waals surface area contributed by atoms with Gasteiger partial charge < -0.3 is 18.9 Å². The molecule has 0 spiro atoms. The summed E-state index contributed by atoms with van der Waals surface area (Å²) in [7, 11) is -4.84. The van der Waals surface area contributed by atoms with Crippen molar-refractivity contribution < 1.29 is 78.0 Å². The minimum Gasteiger partial charge on any atom is -0.790 e. The smallest absolute Gasteiger partial charge is 0.790 e. The zero-order valence-corrected chi connectivity index (χ0v) is 18.1. The molecule has 0 radical (unpaired) electrons. The van der Waals surface area contributed by atoms with Crippen LogP contribution in [0.25, 0.3) is 0 Å². The fraction of sp³-hybridized carbons (Fsp3) is 1.00. The molecule has 0 aromatic heterocycles. The van der Waals surface area contributed by atoms with E-state index in [-0.39, 0.29) is 59.1 Å². The van der Waals surface area contributed by atoms with Crippen LogP contribution in [0.3, 0.4) is 0 Å². The Morgan fingerprint density at radius 1 is 1.05 bits per heavy atom. The first-order valence-corrected chi connectivity index (χ1v) is 8.01. The molecule has 0 heterocycles. The third kappa shape index (κ3) is 20.1. The Kier molecular flexibility index (Phi) is 20.6. The first-order chi connectivity index (χ1) is 7.85. The minimum atomic E-state index is -4.84. The largest absolute Gasteiger partial charge is 1.00 e. The van der Waals surface area contributed by atoms with E-state index in [0.29, 0.717) is 18.8 Å². The van der Waals surface area contributed by atoms with Crippen LogP contribution >= 0.6 is 7.82 Å². The van der Waals surface area contributed by atoms with E-state index in [0.717, 1.165) is 19.3 Å². The van der Waals surface area contributed by atoms with Gasteiger partial charge in [-0.2, -0.15) is 0 Å². The Morgan fingerprint density at radius 3 is 2.00 bits per heavy atom. The number of phosphoric ester groups is 1. The van der Waals surface area contributed by atoms with Crippen LogP contribution in [0.5, 0.6) is 0 Å². The molecule has 0 bridgehead atoms. The first kappa shape index (κ1) is 26.0. The Balaban J connectivity index is -0.00000128. The molecule has 1 unspecified atom stereocenters. The number of hydrogen-bond acceptors (Lipinski definition) is 4. The summed E-state index contributed by atoms with van der Waals surface area (Å²) in [6, 6.07) is 0. The predicted molar refractivity (Wildman–Crippen MR) is 65.3 cm³/mol. The molecule has 0 aromatic carbocycles. The standard InChI is InChI=1S/C12H27O4P.2Na/c1-4-5-6-7-8-9-12(10-11(2)3)16-17(13,14)15;;/h11-12H,4-10H2,1-3H3,(H2,13,14,15);;/q;2*+1/p-2. The van der Waals surface area contributed by atoms with Gasteiger partial charge in [0.15, 0.2) is 0 Å². The van der Waals surface area contributed by atoms with Gasteiger partial charge in [-0.05, 0) is 18.8 Å². The van der Waals surface area contributed by atoms with Gasteiger partial charge >= 0.3 is 59.1 Å². The maximum absolute atomic E-state index is 10.6. The van der Waals surface area contributed by atoms with E-state index >= 15 is 0 Å². The van der Waals surface area contributed by atoms with Crippen LogP contribution in [-0.4, -0.2) is 6.10 Å². The first-order valence-electron chi connectivity index (χ1n) is 6.55. The summed E-state index contributed by atoms with van der Waals surface area (Å²) in [4.78, 5) is 21.2. The average Bonchev–Trinajstić information content (AvgIpc) is 2.13. The van der Waals surface area contributed by atoms with Crippen LogP contribution < -0.4 is 68.9 Å². The van der Waals surface area contributed by atoms with Crippen molar-refractivity contribution in [3.63, 3.8) is 0 Å². The molecule has 0 saturated carbocycles. The van der Waals surface area contributed by atoms with Crippen molar-refractivity contribution in [2.45, 2.75) is 71.8 Å². The van der Waals surface area contributed by atoms with Crippen molar-refractivity contribution >= 4 is 7.82 Å². The zero-order chi connectivity index (χ0) is 13.3. The van der Waals surface area contributed by atoms with E-state index in [1.807, 2.05) is 13.8 Å². The summed E-state index contributed by atoms with van der Waals surface area (Å²) in [5.41, 5.74) is 0. The van der Waals surface area contributed by atoms with Gasteiger partial charge in [0.05, 0.1) is 13.9 Å². The van der Waals surface area contributed by atoms with Crippen molar-refractivity contribution in [2.75, 3.05) is 0 Å². The topological polar surface area (TPSA) is 72.4 Å². The summed E-state index contributed by atoms with van der Waals surface area (Å²) >= 11 is 0. The quantitative estimate of drug-likeness (QED) is 0.240. The van der Waals surface area contributed by atoms with Crippen molar-refractivity contribution in [3.8, 4) is 0 Å². The molecule has 7 heteroatoms. The number of hydrogen-bond donors (Lipinski definition) is 0. The molecule has 4 nitrogen and oxygen atoms in total. The van der Waals surface area contributed by atoms with E-state index in [9.17, 15) is 14.4 Å². The van der Waals surface area contributed by atoms with Gasteiger partial charge in [-0.15, -0.1) is 0 Å². The molecule has 0 aliphatic carbocycles. The second-order valence-corrected chi connectivity index (χ2v) is 6.11. The Bertz CT molecular complexity index is 234. The number of phosphoric acid groups is 1. The monoisotopic (exact) mass is 310 g/mol. The SMILES string of the molecule is CCCCCCCC(CC(C)C)OP(=O)([O-])[O-].[Na+].[Na+]. The molecule has 0 N–H and O–H groups in total. The molecule has 0 saturated heterocycles. The second-order valence-electron chi connectivity index (χ2n) is 5.01. The maximum atomic E-state index is 10.6. The zero-order valence-electron chi connectivity index (χ0n) is 13.2. The molecule has 0 aromatic rings. The van der Waals surface area contributed by atoms with E-state index in [1.54, 1.807) is 0 Å². The van der Waals surface area contributed by atoms with Crippen molar-refractivity contribution in [1.29, 1.82) is 0 Å². The third-order valence-corrected chi connectivity index (χ3v) is 3.20. The molecule has 19 heavy (non-hydrogen) atoms. The Hall–Kier alpha value is 2.11.